The minimum Gasteiger partial charge on any atom is -0.475 e. The Morgan fingerprint density at radius 1 is 1.77 bits per heavy atom. The van der Waals surface area contributed by atoms with Crippen molar-refractivity contribution >= 4 is 11.9 Å². The molecule has 0 aliphatic carbocycles. The van der Waals surface area contributed by atoms with Gasteiger partial charge in [0.1, 0.15) is 0 Å². The number of nitrogens with zero attached hydrogens (tertiary/aromatic N) is 1. The lowest BCUT2D eigenvalue weighted by Crippen LogP contribution is -2.15. The maximum Gasteiger partial charge on any atom is 0.371 e. The van der Waals surface area contributed by atoms with E-state index in [1.54, 1.807) is 18.0 Å². The SMILES string of the molecule is C#CCN(C)c1ccc(C(=O)O)o1. The Labute approximate surface area is 75.8 Å². The molecule has 0 atom stereocenters. The topological polar surface area (TPSA) is 53.7 Å². The number of carbonyl (C=O) groups is 1. The molecule has 0 aliphatic heterocycles. The molecule has 1 aromatic rings. The highest BCUT2D eigenvalue weighted by molar-refractivity contribution is 5.84. The molecule has 0 aromatic carbocycles. The van der Waals surface area contributed by atoms with Crippen molar-refractivity contribution in [1.29, 1.82) is 0 Å². The number of furan rings is 1. The predicted octanol–water partition coefficient (Wildman–Crippen LogP) is 1.05. The smallest absolute Gasteiger partial charge is 0.371 e. The van der Waals surface area contributed by atoms with Crippen LogP contribution in [-0.2, 0) is 0 Å². The molecule has 0 spiro atoms. The van der Waals surface area contributed by atoms with Crippen molar-refractivity contribution in [3.8, 4) is 12.3 Å². The molecular weight excluding hydrogens is 170 g/mol. The van der Waals surface area contributed by atoms with Crippen molar-refractivity contribution in [2.24, 2.45) is 0 Å². The molecule has 13 heavy (non-hydrogen) atoms. The number of hydrogen-bond acceptors (Lipinski definition) is 3. The van der Waals surface area contributed by atoms with Gasteiger partial charge in [0.2, 0.25) is 5.76 Å². The lowest BCUT2D eigenvalue weighted by molar-refractivity contribution is 0.0663. The van der Waals surface area contributed by atoms with Crippen LogP contribution in [0.15, 0.2) is 16.5 Å². The number of terminal acetylenes is 1. The summed E-state index contributed by atoms with van der Waals surface area (Å²) in [5, 5.41) is 8.56. The summed E-state index contributed by atoms with van der Waals surface area (Å²) >= 11 is 0. The normalized spacial score (nSPS) is 9.23. The fourth-order valence-corrected chi connectivity index (χ4v) is 0.863. The van der Waals surface area contributed by atoms with Crippen LogP contribution in [0.2, 0.25) is 0 Å². The second-order valence-electron chi connectivity index (χ2n) is 2.50. The molecule has 1 rings (SSSR count). The van der Waals surface area contributed by atoms with Crippen molar-refractivity contribution in [3.05, 3.63) is 17.9 Å². The fourth-order valence-electron chi connectivity index (χ4n) is 0.863. The lowest BCUT2D eigenvalue weighted by atomic mass is 10.4. The molecule has 0 radical (unpaired) electrons. The summed E-state index contributed by atoms with van der Waals surface area (Å²) < 4.78 is 4.99. The average Bonchev–Trinajstić information content (AvgIpc) is 2.52. The molecule has 4 heteroatoms. The quantitative estimate of drug-likeness (QED) is 0.704. The van der Waals surface area contributed by atoms with Gasteiger partial charge in [-0.2, -0.15) is 0 Å². The number of hydrogen-bond donors (Lipinski definition) is 1. The van der Waals surface area contributed by atoms with Crippen molar-refractivity contribution < 1.29 is 14.3 Å². The third-order valence-electron chi connectivity index (χ3n) is 1.51. The van der Waals surface area contributed by atoms with E-state index in [1.165, 1.54) is 6.07 Å². The zero-order chi connectivity index (χ0) is 9.84. The highest BCUT2D eigenvalue weighted by Gasteiger charge is 2.10. The Morgan fingerprint density at radius 3 is 2.92 bits per heavy atom. The van der Waals surface area contributed by atoms with Crippen LogP contribution in [0.3, 0.4) is 0 Å². The molecule has 4 nitrogen and oxygen atoms in total. The lowest BCUT2D eigenvalue weighted by Gasteiger charge is -2.10. The van der Waals surface area contributed by atoms with Gasteiger partial charge in [-0.3, -0.25) is 0 Å². The van der Waals surface area contributed by atoms with E-state index in [0.29, 0.717) is 12.4 Å². The van der Waals surface area contributed by atoms with Gasteiger partial charge in [0, 0.05) is 13.1 Å². The first-order valence-electron chi connectivity index (χ1n) is 3.63. The molecule has 0 fully saturated rings. The number of aromatic carboxylic acids is 1. The maximum absolute atomic E-state index is 10.4. The van der Waals surface area contributed by atoms with Gasteiger partial charge < -0.3 is 14.4 Å². The van der Waals surface area contributed by atoms with E-state index < -0.39 is 5.97 Å². The molecule has 68 valence electrons. The summed E-state index contributed by atoms with van der Waals surface area (Å²) in [6, 6.07) is 2.96. The van der Waals surface area contributed by atoms with Crippen LogP contribution in [-0.4, -0.2) is 24.7 Å². The van der Waals surface area contributed by atoms with Gasteiger partial charge in [-0.25, -0.2) is 4.79 Å². The van der Waals surface area contributed by atoms with E-state index in [1.807, 2.05) is 0 Å². The highest BCUT2D eigenvalue weighted by Crippen LogP contribution is 2.16. The molecule has 0 bridgehead atoms. The highest BCUT2D eigenvalue weighted by atomic mass is 16.4. The number of carboxylic acid groups (broad SMARTS) is 1. The van der Waals surface area contributed by atoms with Gasteiger partial charge in [-0.05, 0) is 6.07 Å². The van der Waals surface area contributed by atoms with E-state index in [-0.39, 0.29) is 5.76 Å². The van der Waals surface area contributed by atoms with E-state index >= 15 is 0 Å². The Bertz CT molecular complexity index is 348. The van der Waals surface area contributed by atoms with Gasteiger partial charge in [0.25, 0.3) is 0 Å². The zero-order valence-corrected chi connectivity index (χ0v) is 7.15. The Morgan fingerprint density at radius 2 is 2.46 bits per heavy atom. The first-order valence-corrected chi connectivity index (χ1v) is 3.63. The largest absolute Gasteiger partial charge is 0.475 e. The molecule has 0 unspecified atom stereocenters. The molecule has 1 heterocycles. The third kappa shape index (κ3) is 2.03. The first kappa shape index (κ1) is 9.20. The molecule has 1 aromatic heterocycles. The zero-order valence-electron chi connectivity index (χ0n) is 7.15. The summed E-state index contributed by atoms with van der Waals surface area (Å²) in [4.78, 5) is 12.1. The summed E-state index contributed by atoms with van der Waals surface area (Å²) in [6.07, 6.45) is 5.08. The summed E-state index contributed by atoms with van der Waals surface area (Å²) in [7, 11) is 1.73. The minimum absolute atomic E-state index is 0.0844. The predicted molar refractivity (Wildman–Crippen MR) is 47.8 cm³/mol. The molecule has 0 aliphatic rings. The number of anilines is 1. The van der Waals surface area contributed by atoms with E-state index in [0.717, 1.165) is 0 Å². The summed E-state index contributed by atoms with van der Waals surface area (Å²) in [6.45, 7) is 0.382. The van der Waals surface area contributed by atoms with E-state index in [2.05, 4.69) is 5.92 Å². The molecule has 1 N–H and O–H groups in total. The Balaban J connectivity index is 2.80. The van der Waals surface area contributed by atoms with Gasteiger partial charge in [0.05, 0.1) is 6.54 Å². The van der Waals surface area contributed by atoms with Crippen LogP contribution >= 0.6 is 0 Å². The molecular formula is C9H9NO3. The van der Waals surface area contributed by atoms with Gasteiger partial charge in [-0.1, -0.05) is 5.92 Å². The number of carboxylic acids is 1. The van der Waals surface area contributed by atoms with Crippen molar-refractivity contribution in [2.45, 2.75) is 0 Å². The van der Waals surface area contributed by atoms with Crippen LogP contribution in [0, 0.1) is 12.3 Å². The molecule has 0 saturated heterocycles. The van der Waals surface area contributed by atoms with Crippen LogP contribution < -0.4 is 4.90 Å². The van der Waals surface area contributed by atoms with E-state index in [4.69, 9.17) is 15.9 Å². The standard InChI is InChI=1S/C9H9NO3/c1-3-6-10(2)8-5-4-7(13-8)9(11)12/h1,4-5H,6H2,2H3,(H,11,12). The van der Waals surface area contributed by atoms with Crippen LogP contribution in [0.25, 0.3) is 0 Å². The van der Waals surface area contributed by atoms with Gasteiger partial charge in [-0.15, -0.1) is 6.42 Å². The second-order valence-corrected chi connectivity index (χ2v) is 2.50. The fraction of sp³-hybridized carbons (Fsp3) is 0.222. The third-order valence-corrected chi connectivity index (χ3v) is 1.51. The minimum atomic E-state index is -1.08. The second kappa shape index (κ2) is 3.68. The molecule has 0 amide bonds. The van der Waals surface area contributed by atoms with Crippen LogP contribution in [0.4, 0.5) is 5.88 Å². The van der Waals surface area contributed by atoms with Crippen molar-refractivity contribution in [3.63, 3.8) is 0 Å². The van der Waals surface area contributed by atoms with Gasteiger partial charge >= 0.3 is 5.97 Å². The Kier molecular flexibility index (Phi) is 2.60. The summed E-state index contributed by atoms with van der Waals surface area (Å²) in [5.74, 6) is 1.71. The Hall–Kier alpha value is -1.89. The van der Waals surface area contributed by atoms with Gasteiger partial charge in [0.15, 0.2) is 5.88 Å². The van der Waals surface area contributed by atoms with Crippen molar-refractivity contribution in [2.75, 3.05) is 18.5 Å². The number of rotatable bonds is 3. The monoisotopic (exact) mass is 179 g/mol. The van der Waals surface area contributed by atoms with Crippen molar-refractivity contribution in [1.82, 2.24) is 0 Å². The van der Waals surface area contributed by atoms with Crippen LogP contribution in [0.5, 0.6) is 0 Å². The maximum atomic E-state index is 10.4. The average molecular weight is 179 g/mol. The van der Waals surface area contributed by atoms with E-state index in [9.17, 15) is 4.79 Å². The molecule has 0 saturated carbocycles. The van der Waals surface area contributed by atoms with Crippen LogP contribution in [0.1, 0.15) is 10.6 Å². The summed E-state index contributed by atoms with van der Waals surface area (Å²) in [5.41, 5.74) is 0. The first-order chi connectivity index (χ1) is 6.15.